The van der Waals surface area contributed by atoms with Gasteiger partial charge in [0.25, 0.3) is 5.91 Å². The lowest BCUT2D eigenvalue weighted by atomic mass is 10.2. The molecule has 0 fully saturated rings. The zero-order valence-electron chi connectivity index (χ0n) is 11.6. The number of halogens is 3. The van der Waals surface area contributed by atoms with Crippen molar-refractivity contribution in [2.75, 3.05) is 13.1 Å². The van der Waals surface area contributed by atoms with Gasteiger partial charge in [0.2, 0.25) is 11.3 Å². The lowest BCUT2D eigenvalue weighted by Crippen LogP contribution is -2.39. The SMILES string of the molecule is O=C(O)CN(CC(=O)O)C(=O)c1cccc(S(=O)(=O)C(Br)(Br)Br)c1. The standard InChI is InChI=1S/C12H10Br3NO7S/c13-12(14,15)24(22,23)8-3-1-2-7(4-8)11(21)16(5-9(17)18)6-10(19)20/h1-4H,5-6H2,(H,17,18)(H,19,20). The Bertz CT molecular complexity index is 757. The molecule has 0 unspecified atom stereocenters. The molecule has 1 rings (SSSR count). The van der Waals surface area contributed by atoms with Crippen LogP contribution in [0.25, 0.3) is 0 Å². The molecular formula is C12H10Br3NO7S. The molecular weight excluding hydrogens is 542 g/mol. The number of carbonyl (C=O) groups excluding carboxylic acids is 1. The summed E-state index contributed by atoms with van der Waals surface area (Å²) < 4.78 is 23.0. The van der Waals surface area contributed by atoms with Crippen LogP contribution in [0.4, 0.5) is 0 Å². The van der Waals surface area contributed by atoms with E-state index >= 15 is 0 Å². The molecule has 0 radical (unpaired) electrons. The first-order valence-electron chi connectivity index (χ1n) is 6.00. The van der Waals surface area contributed by atoms with Gasteiger partial charge in [-0.2, -0.15) is 0 Å². The van der Waals surface area contributed by atoms with E-state index in [2.05, 4.69) is 47.8 Å². The Kier molecular flexibility index (Phi) is 6.96. The molecule has 0 spiro atoms. The van der Waals surface area contributed by atoms with Gasteiger partial charge in [-0.1, -0.05) is 6.07 Å². The summed E-state index contributed by atoms with van der Waals surface area (Å²) in [5.41, 5.74) is -0.157. The summed E-state index contributed by atoms with van der Waals surface area (Å²) in [5.74, 6) is -3.70. The molecule has 1 aromatic rings. The van der Waals surface area contributed by atoms with Gasteiger partial charge in [0.1, 0.15) is 13.1 Å². The van der Waals surface area contributed by atoms with Crippen LogP contribution in [0, 0.1) is 0 Å². The quantitative estimate of drug-likeness (QED) is 0.516. The number of carboxylic acids is 2. The molecule has 8 nitrogen and oxygen atoms in total. The largest absolute Gasteiger partial charge is 0.480 e. The fourth-order valence-electron chi connectivity index (χ4n) is 1.64. The Hall–Kier alpha value is -0.980. The van der Waals surface area contributed by atoms with Crippen molar-refractivity contribution >= 4 is 75.5 Å². The van der Waals surface area contributed by atoms with Crippen LogP contribution in [0.1, 0.15) is 10.4 Å². The molecule has 1 aromatic carbocycles. The Morgan fingerprint density at radius 2 is 1.54 bits per heavy atom. The summed E-state index contributed by atoms with van der Waals surface area (Å²) in [6.07, 6.45) is 0. The van der Waals surface area contributed by atoms with Gasteiger partial charge in [-0.05, 0) is 66.0 Å². The van der Waals surface area contributed by atoms with Crippen molar-refractivity contribution in [2.24, 2.45) is 0 Å². The maximum atomic E-state index is 12.3. The summed E-state index contributed by atoms with van der Waals surface area (Å²) in [6.45, 7) is -1.66. The minimum atomic E-state index is -3.96. The number of carbonyl (C=O) groups is 3. The van der Waals surface area contributed by atoms with Crippen LogP contribution in [0.2, 0.25) is 0 Å². The van der Waals surface area contributed by atoms with E-state index in [0.29, 0.717) is 4.90 Å². The number of hydrogen-bond donors (Lipinski definition) is 2. The van der Waals surface area contributed by atoms with Gasteiger partial charge in [0.05, 0.1) is 4.90 Å². The van der Waals surface area contributed by atoms with Crippen LogP contribution in [-0.4, -0.2) is 55.9 Å². The number of benzene rings is 1. The molecule has 2 N–H and O–H groups in total. The lowest BCUT2D eigenvalue weighted by Gasteiger charge is -2.19. The minimum absolute atomic E-state index is 0.157. The third-order valence-electron chi connectivity index (χ3n) is 2.64. The van der Waals surface area contributed by atoms with Gasteiger partial charge in [0.15, 0.2) is 0 Å². The maximum Gasteiger partial charge on any atom is 0.323 e. The summed E-state index contributed by atoms with van der Waals surface area (Å²) in [6, 6.07) is 4.82. The first kappa shape index (κ1) is 21.1. The van der Waals surface area contributed by atoms with Gasteiger partial charge < -0.3 is 15.1 Å². The van der Waals surface area contributed by atoms with E-state index in [-0.39, 0.29) is 10.5 Å². The molecule has 1 amide bonds. The van der Waals surface area contributed by atoms with Gasteiger partial charge in [-0.15, -0.1) is 0 Å². The van der Waals surface area contributed by atoms with Crippen molar-refractivity contribution in [3.8, 4) is 0 Å². The second kappa shape index (κ2) is 7.93. The highest BCUT2D eigenvalue weighted by Gasteiger charge is 2.37. The highest BCUT2D eigenvalue weighted by atomic mass is 80.0. The van der Waals surface area contributed by atoms with E-state index in [9.17, 15) is 22.8 Å². The molecule has 0 saturated heterocycles. The summed E-state index contributed by atoms with van der Waals surface area (Å²) >= 11 is 8.66. The van der Waals surface area contributed by atoms with E-state index in [0.717, 1.165) is 6.07 Å². The molecule has 132 valence electrons. The number of sulfone groups is 1. The Morgan fingerprint density at radius 1 is 1.04 bits per heavy atom. The maximum absolute atomic E-state index is 12.3. The van der Waals surface area contributed by atoms with Crippen LogP contribution >= 0.6 is 47.8 Å². The van der Waals surface area contributed by atoms with Crippen molar-refractivity contribution in [2.45, 2.75) is 6.37 Å². The zero-order valence-corrected chi connectivity index (χ0v) is 17.2. The van der Waals surface area contributed by atoms with E-state index in [1.165, 1.54) is 18.2 Å². The van der Waals surface area contributed by atoms with Crippen molar-refractivity contribution < 1.29 is 33.0 Å². The summed E-state index contributed by atoms with van der Waals surface area (Å²) in [7, 11) is -3.96. The Labute approximate surface area is 162 Å². The van der Waals surface area contributed by atoms with Crippen LogP contribution < -0.4 is 0 Å². The highest BCUT2D eigenvalue weighted by molar-refractivity contribution is 9.42. The first-order chi connectivity index (χ1) is 10.9. The van der Waals surface area contributed by atoms with E-state index in [1.807, 2.05) is 0 Å². The van der Waals surface area contributed by atoms with Crippen molar-refractivity contribution in [1.29, 1.82) is 0 Å². The monoisotopic (exact) mass is 549 g/mol. The molecule has 0 aliphatic heterocycles. The highest BCUT2D eigenvalue weighted by Crippen LogP contribution is 2.43. The summed E-state index contributed by atoms with van der Waals surface area (Å²) in [4.78, 5) is 34.2. The molecule has 0 heterocycles. The third-order valence-corrected chi connectivity index (χ3v) is 7.96. The minimum Gasteiger partial charge on any atom is -0.480 e. The molecule has 0 saturated carbocycles. The molecule has 12 heteroatoms. The van der Waals surface area contributed by atoms with Gasteiger partial charge in [-0.25, -0.2) is 8.42 Å². The molecule has 0 aromatic heterocycles. The zero-order chi connectivity index (χ0) is 18.7. The number of amides is 1. The topological polar surface area (TPSA) is 129 Å². The van der Waals surface area contributed by atoms with E-state index in [4.69, 9.17) is 10.2 Å². The average Bonchev–Trinajstić information content (AvgIpc) is 2.43. The molecule has 24 heavy (non-hydrogen) atoms. The van der Waals surface area contributed by atoms with Gasteiger partial charge in [0, 0.05) is 5.56 Å². The number of carboxylic acid groups (broad SMARTS) is 2. The van der Waals surface area contributed by atoms with Gasteiger partial charge in [-0.3, -0.25) is 14.4 Å². The second-order valence-corrected chi connectivity index (χ2v) is 14.9. The fourth-order valence-corrected chi connectivity index (χ4v) is 4.13. The number of rotatable bonds is 6. The molecule has 0 bridgehead atoms. The first-order valence-corrected chi connectivity index (χ1v) is 9.86. The third kappa shape index (κ3) is 5.26. The van der Waals surface area contributed by atoms with E-state index < -0.39 is 42.2 Å². The Morgan fingerprint density at radius 3 is 1.96 bits per heavy atom. The Balaban J connectivity index is 3.27. The van der Waals surface area contributed by atoms with Crippen LogP contribution in [-0.2, 0) is 19.4 Å². The number of alkyl halides is 3. The molecule has 0 aliphatic rings. The molecule has 0 atom stereocenters. The second-order valence-electron chi connectivity index (χ2n) is 4.43. The predicted octanol–water partition coefficient (Wildman–Crippen LogP) is 1.87. The number of aliphatic carboxylic acids is 2. The van der Waals surface area contributed by atoms with Crippen LogP contribution in [0.3, 0.4) is 0 Å². The van der Waals surface area contributed by atoms with Crippen molar-refractivity contribution in [3.05, 3.63) is 29.8 Å². The normalized spacial score (nSPS) is 11.8. The molecule has 0 aliphatic carbocycles. The number of nitrogens with zero attached hydrogens (tertiary/aromatic N) is 1. The van der Waals surface area contributed by atoms with E-state index in [1.54, 1.807) is 0 Å². The fraction of sp³-hybridized carbons (Fsp3) is 0.250. The van der Waals surface area contributed by atoms with Crippen LogP contribution in [0.15, 0.2) is 29.2 Å². The van der Waals surface area contributed by atoms with Crippen molar-refractivity contribution in [1.82, 2.24) is 4.90 Å². The average molecular weight is 552 g/mol. The predicted molar refractivity (Wildman–Crippen MR) is 94.3 cm³/mol. The lowest BCUT2D eigenvalue weighted by molar-refractivity contribution is -0.140. The van der Waals surface area contributed by atoms with Gasteiger partial charge >= 0.3 is 11.9 Å². The number of hydrogen-bond acceptors (Lipinski definition) is 5. The van der Waals surface area contributed by atoms with Crippen molar-refractivity contribution in [3.63, 3.8) is 0 Å². The van der Waals surface area contributed by atoms with Crippen LogP contribution in [0.5, 0.6) is 0 Å². The smallest absolute Gasteiger partial charge is 0.323 e. The summed E-state index contributed by atoms with van der Waals surface area (Å²) in [5, 5.41) is 17.6.